The zero-order valence-corrected chi connectivity index (χ0v) is 16.9. The third-order valence-electron chi connectivity index (χ3n) is 3.47. The molecule has 0 unspecified atom stereocenters. The van der Waals surface area contributed by atoms with Crippen LogP contribution in [0, 0.1) is 16.3 Å². The molecular weight excluding hydrogens is 470 g/mol. The van der Waals surface area contributed by atoms with Crippen molar-refractivity contribution in [2.24, 2.45) is 7.05 Å². The average molecular weight is 488 g/mol. The van der Waals surface area contributed by atoms with Crippen molar-refractivity contribution in [3.8, 4) is 0 Å². The lowest BCUT2D eigenvalue weighted by atomic mass is 10.2. The molecule has 1 amide bonds. The van der Waals surface area contributed by atoms with Gasteiger partial charge >= 0.3 is 0 Å². The number of carbonyl (C=O) groups is 1. The van der Waals surface area contributed by atoms with Gasteiger partial charge in [-0.05, 0) is 47.7 Å². The first-order chi connectivity index (χ1) is 12.8. The van der Waals surface area contributed by atoms with Gasteiger partial charge in [-0.3, -0.25) is 14.4 Å². The van der Waals surface area contributed by atoms with Crippen molar-refractivity contribution in [2.75, 3.05) is 18.5 Å². The third-order valence-corrected chi connectivity index (χ3v) is 4.14. The van der Waals surface area contributed by atoms with Gasteiger partial charge in [0, 0.05) is 16.2 Å². The molecule has 2 rings (SSSR count). The Kier molecular flexibility index (Phi) is 7.30. The Bertz CT molecular complexity index is 917. The number of halogens is 2. The average Bonchev–Trinajstić information content (AvgIpc) is 2.63. The number of benzene rings is 1. The van der Waals surface area contributed by atoms with Crippen LogP contribution in [-0.2, 0) is 16.6 Å². The fourth-order valence-corrected chi connectivity index (χ4v) is 2.60. The van der Waals surface area contributed by atoms with Gasteiger partial charge in [-0.15, -0.1) is 0 Å². The number of nitrogens with zero attached hydrogens (tertiary/aromatic N) is 2. The Morgan fingerprint density at radius 1 is 1.44 bits per heavy atom. The van der Waals surface area contributed by atoms with Crippen LogP contribution in [-0.4, -0.2) is 28.9 Å². The van der Waals surface area contributed by atoms with Crippen molar-refractivity contribution in [1.29, 1.82) is 0 Å². The highest BCUT2D eigenvalue weighted by molar-refractivity contribution is 14.1. The monoisotopic (exact) mass is 488 g/mol. The van der Waals surface area contributed by atoms with Crippen LogP contribution in [0.3, 0.4) is 0 Å². The van der Waals surface area contributed by atoms with Gasteiger partial charge in [-0.1, -0.05) is 6.58 Å². The first-order valence-electron chi connectivity index (χ1n) is 7.79. The van der Waals surface area contributed by atoms with E-state index < -0.39 is 17.3 Å². The Balaban J connectivity index is 2.32. The first-order valence-corrected chi connectivity index (χ1v) is 8.87. The lowest BCUT2D eigenvalue weighted by Crippen LogP contribution is -2.32. The van der Waals surface area contributed by atoms with Gasteiger partial charge in [-0.25, -0.2) is 14.6 Å². The van der Waals surface area contributed by atoms with Crippen molar-refractivity contribution >= 4 is 39.9 Å². The molecule has 144 valence electrons. The SMILES string of the molecule is C=COCCONC(=O)c1nn(C)c(=O)c(C)c1Nc1ccc(I)cc1F. The zero-order chi connectivity index (χ0) is 20.0. The van der Waals surface area contributed by atoms with Gasteiger partial charge in [0.2, 0.25) is 0 Å². The fraction of sp³-hybridized carbons (Fsp3) is 0.235. The van der Waals surface area contributed by atoms with E-state index in [9.17, 15) is 14.0 Å². The lowest BCUT2D eigenvalue weighted by Gasteiger charge is -2.15. The normalized spacial score (nSPS) is 10.4. The summed E-state index contributed by atoms with van der Waals surface area (Å²) in [6.45, 7) is 5.18. The number of rotatable bonds is 8. The molecule has 1 aromatic heterocycles. The van der Waals surface area contributed by atoms with E-state index in [0.29, 0.717) is 3.57 Å². The molecule has 0 saturated carbocycles. The van der Waals surface area contributed by atoms with Crippen LogP contribution in [0.4, 0.5) is 15.8 Å². The van der Waals surface area contributed by atoms with Crippen LogP contribution >= 0.6 is 22.6 Å². The van der Waals surface area contributed by atoms with E-state index in [1.807, 2.05) is 22.6 Å². The van der Waals surface area contributed by atoms with Gasteiger partial charge in [0.1, 0.15) is 19.0 Å². The van der Waals surface area contributed by atoms with Crippen molar-refractivity contribution in [2.45, 2.75) is 6.92 Å². The summed E-state index contributed by atoms with van der Waals surface area (Å²) in [4.78, 5) is 29.6. The summed E-state index contributed by atoms with van der Waals surface area (Å²) in [7, 11) is 1.42. The minimum absolute atomic E-state index is 0.0804. The fourth-order valence-electron chi connectivity index (χ4n) is 2.15. The molecular formula is C17H18FIN4O4. The van der Waals surface area contributed by atoms with Gasteiger partial charge in [0.25, 0.3) is 11.5 Å². The number of amides is 1. The number of ether oxygens (including phenoxy) is 1. The molecule has 0 aliphatic heterocycles. The number of hydrogen-bond donors (Lipinski definition) is 2. The Hall–Kier alpha value is -2.47. The maximum atomic E-state index is 14.2. The molecule has 27 heavy (non-hydrogen) atoms. The summed E-state index contributed by atoms with van der Waals surface area (Å²) in [6.07, 6.45) is 1.25. The minimum atomic E-state index is -0.694. The highest BCUT2D eigenvalue weighted by Gasteiger charge is 2.20. The molecule has 8 nitrogen and oxygen atoms in total. The summed E-state index contributed by atoms with van der Waals surface area (Å²) in [6, 6.07) is 4.53. The van der Waals surface area contributed by atoms with E-state index in [1.165, 1.54) is 32.4 Å². The predicted octanol–water partition coefficient (Wildman–Crippen LogP) is 2.40. The lowest BCUT2D eigenvalue weighted by molar-refractivity contribution is 0.0140. The van der Waals surface area contributed by atoms with Crippen LogP contribution in [0.25, 0.3) is 0 Å². The Morgan fingerprint density at radius 2 is 2.19 bits per heavy atom. The van der Waals surface area contributed by atoms with Crippen LogP contribution in [0.2, 0.25) is 0 Å². The molecule has 1 heterocycles. The summed E-state index contributed by atoms with van der Waals surface area (Å²) in [5, 5.41) is 6.76. The molecule has 0 atom stereocenters. The maximum absolute atomic E-state index is 14.2. The van der Waals surface area contributed by atoms with Crippen molar-refractivity contribution < 1.29 is 18.8 Å². The second-order valence-corrected chi connectivity index (χ2v) is 6.59. The minimum Gasteiger partial charge on any atom is -0.499 e. The molecule has 0 spiro atoms. The number of anilines is 2. The van der Waals surface area contributed by atoms with Gasteiger partial charge in [0.15, 0.2) is 5.69 Å². The molecule has 0 saturated heterocycles. The standard InChI is InChI=1S/C17H18FIN4O4/c1-4-26-7-8-27-22-16(24)15-14(10(2)17(25)23(3)21-15)20-13-6-5-11(19)9-12(13)18/h4-6,9,20H,1,7-8H2,2-3H3,(H,22,24). The van der Waals surface area contributed by atoms with E-state index >= 15 is 0 Å². The largest absolute Gasteiger partial charge is 0.499 e. The van der Waals surface area contributed by atoms with E-state index in [-0.39, 0.29) is 35.8 Å². The second kappa shape index (κ2) is 9.46. The van der Waals surface area contributed by atoms with Gasteiger partial charge in [-0.2, -0.15) is 5.10 Å². The van der Waals surface area contributed by atoms with Crippen molar-refractivity contribution in [3.63, 3.8) is 0 Å². The van der Waals surface area contributed by atoms with E-state index in [4.69, 9.17) is 9.57 Å². The molecule has 2 aromatic rings. The zero-order valence-electron chi connectivity index (χ0n) is 14.7. The molecule has 0 bridgehead atoms. The molecule has 1 aromatic carbocycles. The quantitative estimate of drug-likeness (QED) is 0.257. The van der Waals surface area contributed by atoms with E-state index in [0.717, 1.165) is 4.68 Å². The smallest absolute Gasteiger partial charge is 0.297 e. The number of hydroxylamine groups is 1. The number of aryl methyl sites for hydroxylation is 1. The second-order valence-electron chi connectivity index (χ2n) is 5.34. The topological polar surface area (TPSA) is 94.5 Å². The van der Waals surface area contributed by atoms with Crippen molar-refractivity contribution in [3.05, 3.63) is 62.0 Å². The molecule has 10 heteroatoms. The highest BCUT2D eigenvalue weighted by Crippen LogP contribution is 2.25. The highest BCUT2D eigenvalue weighted by atomic mass is 127. The number of nitrogens with one attached hydrogen (secondary N) is 2. The molecule has 0 fully saturated rings. The Labute approximate surface area is 168 Å². The molecule has 0 aliphatic rings. The summed E-state index contributed by atoms with van der Waals surface area (Å²) < 4.78 is 20.8. The first kappa shape index (κ1) is 20.8. The molecule has 2 N–H and O–H groups in total. The number of hydrogen-bond acceptors (Lipinski definition) is 6. The molecule has 0 radical (unpaired) electrons. The number of aromatic nitrogens is 2. The summed E-state index contributed by atoms with van der Waals surface area (Å²) >= 11 is 1.98. The molecule has 0 aliphatic carbocycles. The van der Waals surface area contributed by atoms with Gasteiger partial charge < -0.3 is 10.1 Å². The van der Waals surface area contributed by atoms with Crippen LogP contribution in [0.1, 0.15) is 16.1 Å². The van der Waals surface area contributed by atoms with Crippen LogP contribution in [0.15, 0.2) is 35.8 Å². The van der Waals surface area contributed by atoms with Crippen LogP contribution < -0.4 is 16.4 Å². The maximum Gasteiger partial charge on any atom is 0.297 e. The van der Waals surface area contributed by atoms with E-state index in [1.54, 1.807) is 6.07 Å². The Morgan fingerprint density at radius 3 is 2.85 bits per heavy atom. The van der Waals surface area contributed by atoms with Crippen molar-refractivity contribution in [1.82, 2.24) is 15.3 Å². The van der Waals surface area contributed by atoms with Gasteiger partial charge in [0.05, 0.1) is 17.6 Å². The van der Waals surface area contributed by atoms with Crippen LogP contribution in [0.5, 0.6) is 0 Å². The predicted molar refractivity (Wildman–Crippen MR) is 106 cm³/mol. The summed E-state index contributed by atoms with van der Waals surface area (Å²) in [5.41, 5.74) is 2.11. The number of carbonyl (C=O) groups excluding carboxylic acids is 1. The third kappa shape index (κ3) is 5.26. The summed E-state index contributed by atoms with van der Waals surface area (Å²) in [5.74, 6) is -1.22. The van der Waals surface area contributed by atoms with E-state index in [2.05, 4.69) is 22.5 Å².